The van der Waals surface area contributed by atoms with E-state index in [0.29, 0.717) is 11.7 Å². The van der Waals surface area contributed by atoms with E-state index in [1.165, 1.54) is 36.4 Å². The largest absolute Gasteiger partial charge is 0.468 e. The second-order valence-electron chi connectivity index (χ2n) is 15.4. The number of ether oxygens (including phenoxy) is 1. The van der Waals surface area contributed by atoms with Gasteiger partial charge in [0.1, 0.15) is 30.1 Å². The highest BCUT2D eigenvalue weighted by atomic mass is 16.5. The van der Waals surface area contributed by atoms with Gasteiger partial charge in [-0.15, -0.1) is 20.4 Å². The zero-order chi connectivity index (χ0) is 40.7. The van der Waals surface area contributed by atoms with Crippen molar-refractivity contribution in [1.29, 1.82) is 0 Å². The topological polar surface area (TPSA) is 211 Å². The Labute approximate surface area is 339 Å². The summed E-state index contributed by atoms with van der Waals surface area (Å²) >= 11 is 0. The number of pyridine rings is 2. The summed E-state index contributed by atoms with van der Waals surface area (Å²) in [6.45, 7) is 3.35. The number of rotatable bonds is 6. The molecule has 0 spiro atoms. The molecule has 11 rings (SSSR count). The van der Waals surface area contributed by atoms with Crippen molar-refractivity contribution in [2.45, 2.75) is 76.0 Å². The Bertz CT molecular complexity index is 2720. The summed E-state index contributed by atoms with van der Waals surface area (Å²) in [5, 5.41) is 30.6. The quantitative estimate of drug-likeness (QED) is 0.0693. The van der Waals surface area contributed by atoms with E-state index in [0.717, 1.165) is 96.5 Å². The molecule has 2 aromatic carbocycles. The number of nitrogens with two attached hydrogens (primary N) is 1. The summed E-state index contributed by atoms with van der Waals surface area (Å²) in [7, 11) is 1.45. The fourth-order valence-corrected chi connectivity index (χ4v) is 8.05. The molecule has 7 heterocycles. The van der Waals surface area contributed by atoms with Gasteiger partial charge >= 0.3 is 5.97 Å². The molecule has 0 atom stereocenters. The lowest BCUT2D eigenvalue weighted by molar-refractivity contribution is -0.143. The molecule has 2 saturated carbocycles. The van der Waals surface area contributed by atoms with E-state index in [9.17, 15) is 4.79 Å². The van der Waals surface area contributed by atoms with Crippen LogP contribution < -0.4 is 5.73 Å². The predicted molar refractivity (Wildman–Crippen MR) is 215 cm³/mol. The number of aromatic nitrogens is 10. The van der Waals surface area contributed by atoms with Crippen molar-refractivity contribution in [1.82, 2.24) is 49.6 Å². The minimum absolute atomic E-state index is 0.165. The maximum absolute atomic E-state index is 12.2. The van der Waals surface area contributed by atoms with Crippen LogP contribution in [0, 0.1) is 6.92 Å². The molecule has 0 saturated heterocycles. The van der Waals surface area contributed by atoms with Crippen molar-refractivity contribution in [2.24, 2.45) is 10.9 Å². The van der Waals surface area contributed by atoms with Gasteiger partial charge in [-0.3, -0.25) is 23.9 Å². The fourth-order valence-electron chi connectivity index (χ4n) is 8.05. The van der Waals surface area contributed by atoms with Crippen molar-refractivity contribution in [3.63, 3.8) is 0 Å². The molecular weight excluding hydrogens is 749 g/mol. The normalized spacial score (nSPS) is 16.1. The molecule has 7 aromatic rings. The van der Waals surface area contributed by atoms with E-state index in [2.05, 4.69) is 98.8 Å². The number of esters is 1. The summed E-state index contributed by atoms with van der Waals surface area (Å²) in [6.07, 6.45) is 18.4. The number of fused-ring (bicyclic) bond motifs is 6. The number of methoxy groups -OCH3 is 1. The highest BCUT2D eigenvalue weighted by Gasteiger charge is 2.53. The summed E-state index contributed by atoms with van der Waals surface area (Å²) in [6, 6.07) is 17.2. The van der Waals surface area contributed by atoms with Crippen LogP contribution in [0.3, 0.4) is 0 Å². The average molecular weight is 791 g/mol. The van der Waals surface area contributed by atoms with Gasteiger partial charge in [-0.1, -0.05) is 22.4 Å². The molecule has 2 fully saturated rings. The first-order valence-corrected chi connectivity index (χ1v) is 19.5. The third kappa shape index (κ3) is 7.00. The SMILES string of the molecule is C/C(N)=N/O.COC(=O)C1(c2cncc(-c3ccc4c(c3)CCc3nncn3-4)c2)CC1.Cc1noc(C2(c3cncc(-c4ccc5c(c4)CCc4nncn4-5)c3)CC2)n1. The number of carbonyl (C=O) groups is 1. The average Bonchev–Trinajstić information content (AvgIpc) is 4.08. The van der Waals surface area contributed by atoms with Gasteiger partial charge in [-0.05, 0) is 122 Å². The van der Waals surface area contributed by atoms with Crippen LogP contribution in [-0.2, 0) is 46.0 Å². The van der Waals surface area contributed by atoms with Crippen molar-refractivity contribution in [3.05, 3.63) is 132 Å². The molecule has 3 N–H and O–H groups in total. The van der Waals surface area contributed by atoms with Crippen molar-refractivity contribution in [2.75, 3.05) is 7.11 Å². The summed E-state index contributed by atoms with van der Waals surface area (Å²) in [5.74, 6) is 3.42. The van der Waals surface area contributed by atoms with E-state index in [1.807, 2.05) is 30.1 Å². The molecule has 0 bridgehead atoms. The van der Waals surface area contributed by atoms with Crippen molar-refractivity contribution in [3.8, 4) is 33.6 Å². The van der Waals surface area contributed by atoms with Crippen LogP contribution in [0.15, 0.2) is 95.7 Å². The van der Waals surface area contributed by atoms with Crippen LogP contribution in [-0.4, -0.2) is 73.8 Å². The van der Waals surface area contributed by atoms with E-state index in [1.54, 1.807) is 18.9 Å². The number of hydrogen-bond donors (Lipinski definition) is 2. The predicted octanol–water partition coefficient (Wildman–Crippen LogP) is 5.58. The Kier molecular flexibility index (Phi) is 9.53. The zero-order valence-electron chi connectivity index (χ0n) is 32.9. The molecule has 5 aromatic heterocycles. The molecule has 2 aliphatic carbocycles. The molecule has 2 aliphatic heterocycles. The Hall–Kier alpha value is -7.10. The minimum atomic E-state index is -0.497. The van der Waals surface area contributed by atoms with Gasteiger partial charge in [0.15, 0.2) is 5.82 Å². The van der Waals surface area contributed by atoms with Crippen molar-refractivity contribution < 1.29 is 19.3 Å². The van der Waals surface area contributed by atoms with E-state index in [-0.39, 0.29) is 17.2 Å². The van der Waals surface area contributed by atoms with Crippen LogP contribution in [0.1, 0.15) is 78.2 Å². The molecule has 16 heteroatoms. The minimum Gasteiger partial charge on any atom is -0.468 e. The highest BCUT2D eigenvalue weighted by molar-refractivity contribution is 5.87. The lowest BCUT2D eigenvalue weighted by Gasteiger charge is -2.19. The van der Waals surface area contributed by atoms with Crippen LogP contribution in [0.25, 0.3) is 33.6 Å². The van der Waals surface area contributed by atoms with E-state index in [4.69, 9.17) is 20.2 Å². The van der Waals surface area contributed by atoms with Crippen LogP contribution in [0.2, 0.25) is 0 Å². The number of oxime groups is 1. The van der Waals surface area contributed by atoms with E-state index < -0.39 is 5.41 Å². The molecule has 0 unspecified atom stereocenters. The zero-order valence-corrected chi connectivity index (χ0v) is 32.9. The number of hydrogen-bond acceptors (Lipinski definition) is 13. The summed E-state index contributed by atoms with van der Waals surface area (Å²) < 4.78 is 14.6. The smallest absolute Gasteiger partial charge is 0.316 e. The number of amidine groups is 1. The Balaban J connectivity index is 0.000000137. The molecule has 0 amide bonds. The number of aryl methyl sites for hydroxylation is 5. The first-order chi connectivity index (χ1) is 28.7. The number of benzene rings is 2. The molecule has 59 heavy (non-hydrogen) atoms. The Morgan fingerprint density at radius 2 is 1.32 bits per heavy atom. The number of carbonyl (C=O) groups excluding carboxylic acids is 1. The molecule has 298 valence electrons. The summed E-state index contributed by atoms with van der Waals surface area (Å²) in [4.78, 5) is 25.6. The van der Waals surface area contributed by atoms with Gasteiger partial charge in [-0.25, -0.2) is 0 Å². The highest BCUT2D eigenvalue weighted by Crippen LogP contribution is 2.53. The molecular formula is C43H42N12O4. The Morgan fingerprint density at radius 1 is 0.780 bits per heavy atom. The van der Waals surface area contributed by atoms with Crippen LogP contribution in [0.5, 0.6) is 0 Å². The standard InChI is InChI=1S/C21H18N6O.C20H18N4O2.C2H6N2O/c1-13-24-20(28-26-13)21(6-7-21)17-9-16(10-22-11-17)14-2-4-18-15(8-14)3-5-19-25-23-12-27(18)19;1-26-19(25)20(6-7-20)16-9-15(10-21-11-16)13-2-4-17-14(8-13)3-5-18-23-22-12-24(17)18;1-2(3)4-5/h2,4,8-12H,3,5-7H2,1H3;2,4,8-12H,3,5-7H2,1H3;5H,1H3,(H2,3,4). The first-order valence-electron chi connectivity index (χ1n) is 19.5. The third-order valence-corrected chi connectivity index (χ3v) is 11.6. The molecule has 16 nitrogen and oxygen atoms in total. The second kappa shape index (κ2) is 15.0. The summed E-state index contributed by atoms with van der Waals surface area (Å²) in [5.41, 5.74) is 15.5. The molecule has 4 aliphatic rings. The van der Waals surface area contributed by atoms with Crippen molar-refractivity contribution >= 4 is 11.8 Å². The monoisotopic (exact) mass is 790 g/mol. The second-order valence-corrected chi connectivity index (χ2v) is 15.4. The maximum atomic E-state index is 12.2. The lowest BCUT2D eigenvalue weighted by atomic mass is 9.93. The Morgan fingerprint density at radius 3 is 1.80 bits per heavy atom. The molecule has 0 radical (unpaired) electrons. The van der Waals surface area contributed by atoms with Gasteiger partial charge in [0, 0.05) is 48.8 Å². The van der Waals surface area contributed by atoms with Gasteiger partial charge in [0.25, 0.3) is 0 Å². The lowest BCUT2D eigenvalue weighted by Crippen LogP contribution is -2.22. The van der Waals surface area contributed by atoms with Gasteiger partial charge in [-0.2, -0.15) is 4.98 Å². The number of nitrogens with zero attached hydrogens (tertiary/aromatic N) is 11. The van der Waals surface area contributed by atoms with Gasteiger partial charge in [0.05, 0.1) is 29.3 Å². The van der Waals surface area contributed by atoms with Crippen LogP contribution >= 0.6 is 0 Å². The maximum Gasteiger partial charge on any atom is 0.316 e. The first kappa shape index (κ1) is 37.5. The fraction of sp³-hybridized carbons (Fsp3) is 0.302. The third-order valence-electron chi connectivity index (χ3n) is 11.6. The van der Waals surface area contributed by atoms with Gasteiger partial charge < -0.3 is 20.2 Å². The van der Waals surface area contributed by atoms with Gasteiger partial charge in [0.2, 0.25) is 5.89 Å². The van der Waals surface area contributed by atoms with Crippen LogP contribution in [0.4, 0.5) is 0 Å². The van der Waals surface area contributed by atoms with E-state index >= 15 is 0 Å².